The molecule has 3 aromatic rings. The molecule has 0 radical (unpaired) electrons. The first-order valence-electron chi connectivity index (χ1n) is 23.2. The van der Waals surface area contributed by atoms with Crippen LogP contribution in [0.15, 0.2) is 84.9 Å². The van der Waals surface area contributed by atoms with E-state index in [1.807, 2.05) is 60.7 Å². The molecule has 4 fully saturated rings. The van der Waals surface area contributed by atoms with Gasteiger partial charge in [0.1, 0.15) is 6.04 Å². The molecule has 2 saturated heterocycles. The summed E-state index contributed by atoms with van der Waals surface area (Å²) in [5, 5.41) is 9.72. The fourth-order valence-electron chi connectivity index (χ4n) is 9.46. The molecule has 4 amide bonds. The van der Waals surface area contributed by atoms with E-state index in [1.165, 1.54) is 49.7 Å². The van der Waals surface area contributed by atoms with Crippen LogP contribution in [0.5, 0.6) is 0 Å². The maximum atomic E-state index is 14.1. The van der Waals surface area contributed by atoms with Gasteiger partial charge in [-0.2, -0.15) is 0 Å². The van der Waals surface area contributed by atoms with Crippen LogP contribution < -0.4 is 16.0 Å². The molecule has 2 heterocycles. The quantitative estimate of drug-likeness (QED) is 0.101. The van der Waals surface area contributed by atoms with Crippen molar-refractivity contribution < 1.29 is 19.2 Å². The highest BCUT2D eigenvalue weighted by molar-refractivity contribution is 5.97. The van der Waals surface area contributed by atoms with E-state index in [-0.39, 0.29) is 66.7 Å². The van der Waals surface area contributed by atoms with Crippen molar-refractivity contribution in [1.82, 2.24) is 30.7 Å². The van der Waals surface area contributed by atoms with E-state index in [2.05, 4.69) is 63.9 Å². The number of rotatable bonds is 21. The predicted octanol–water partition coefficient (Wildman–Crippen LogP) is 6.87. The van der Waals surface area contributed by atoms with Crippen LogP contribution in [-0.2, 0) is 20.9 Å². The summed E-state index contributed by atoms with van der Waals surface area (Å²) in [4.78, 5) is 61.9. The summed E-state index contributed by atoms with van der Waals surface area (Å²) < 4.78 is 0. The molecule has 3 aromatic carbocycles. The molecule has 0 unspecified atom stereocenters. The third-order valence-corrected chi connectivity index (χ3v) is 13.3. The lowest BCUT2D eigenvalue weighted by atomic mass is 9.94. The van der Waals surface area contributed by atoms with Crippen molar-refractivity contribution in [2.24, 2.45) is 11.8 Å². The molecule has 2 aliphatic carbocycles. The summed E-state index contributed by atoms with van der Waals surface area (Å²) in [6.45, 7) is 9.64. The highest BCUT2D eigenvalue weighted by Gasteiger charge is 2.49. The number of piperazine rings is 1. The van der Waals surface area contributed by atoms with Crippen LogP contribution in [-0.4, -0.2) is 102 Å². The summed E-state index contributed by atoms with van der Waals surface area (Å²) in [5.41, 5.74) is 4.05. The average Bonchev–Trinajstić information content (AvgIpc) is 4.19. The Kier molecular flexibility index (Phi) is 15.5. The van der Waals surface area contributed by atoms with Crippen LogP contribution in [0.25, 0.3) is 0 Å². The zero-order valence-corrected chi connectivity index (χ0v) is 36.0. The number of amides is 4. The second kappa shape index (κ2) is 21.3. The molecule has 0 bridgehead atoms. The van der Waals surface area contributed by atoms with Gasteiger partial charge in [0.25, 0.3) is 5.91 Å². The maximum Gasteiger partial charge on any atom is 0.253 e. The first-order valence-corrected chi connectivity index (χ1v) is 23.2. The SMILES string of the molecule is CCCCCCCN1CCN(Cc2ccc(C(=O)N3C[C@@H](C(=O)N[C@H]4C[C@@H]4c4ccccc4)[C@H](C(=O)N[C@H]4C[C@@H]4c4ccccc4)C3)cc2)C[C@@H]1C(=O)NCCCCCC. The summed E-state index contributed by atoms with van der Waals surface area (Å²) in [7, 11) is 0. The van der Waals surface area contributed by atoms with Gasteiger partial charge < -0.3 is 20.9 Å². The van der Waals surface area contributed by atoms with Crippen molar-refractivity contribution >= 4 is 23.6 Å². The van der Waals surface area contributed by atoms with Gasteiger partial charge in [-0.1, -0.05) is 132 Å². The minimum Gasteiger partial charge on any atom is -0.355 e. The van der Waals surface area contributed by atoms with Gasteiger partial charge in [0.15, 0.2) is 0 Å². The molecule has 2 aliphatic heterocycles. The summed E-state index contributed by atoms with van der Waals surface area (Å²) in [6, 6.07) is 28.1. The number of benzene rings is 3. The van der Waals surface area contributed by atoms with E-state index in [1.54, 1.807) is 4.90 Å². The molecule has 4 aliphatic rings. The van der Waals surface area contributed by atoms with E-state index in [0.29, 0.717) is 18.7 Å². The third-order valence-electron chi connectivity index (χ3n) is 13.3. The fraction of sp³-hybridized carbons (Fsp3) is 0.560. The lowest BCUT2D eigenvalue weighted by Crippen LogP contribution is -2.58. The number of hydrogen-bond donors (Lipinski definition) is 3. The normalized spacial score (nSPS) is 25.1. The molecule has 60 heavy (non-hydrogen) atoms. The number of hydrogen-bond acceptors (Lipinski definition) is 6. The van der Waals surface area contributed by atoms with Gasteiger partial charge in [0.05, 0.1) is 11.8 Å². The molecule has 7 atom stereocenters. The smallest absolute Gasteiger partial charge is 0.253 e. The van der Waals surface area contributed by atoms with Crippen molar-refractivity contribution in [3.8, 4) is 0 Å². The summed E-state index contributed by atoms with van der Waals surface area (Å²) >= 11 is 0. The molecular weight excluding hydrogens is 749 g/mol. The number of nitrogens with zero attached hydrogens (tertiary/aromatic N) is 3. The van der Waals surface area contributed by atoms with Crippen molar-refractivity contribution in [2.45, 2.75) is 121 Å². The Balaban J connectivity index is 0.962. The van der Waals surface area contributed by atoms with Gasteiger partial charge in [0, 0.05) is 75.3 Å². The fourth-order valence-corrected chi connectivity index (χ4v) is 9.46. The minimum atomic E-state index is -0.629. The van der Waals surface area contributed by atoms with E-state index < -0.39 is 11.8 Å². The van der Waals surface area contributed by atoms with E-state index >= 15 is 0 Å². The lowest BCUT2D eigenvalue weighted by molar-refractivity contribution is -0.133. The van der Waals surface area contributed by atoms with Gasteiger partial charge in [-0.05, 0) is 61.1 Å². The molecule has 7 rings (SSSR count). The number of nitrogens with one attached hydrogen (secondary N) is 3. The van der Waals surface area contributed by atoms with Crippen molar-refractivity contribution in [3.05, 3.63) is 107 Å². The highest BCUT2D eigenvalue weighted by atomic mass is 16.2. The Bertz CT molecular complexity index is 1780. The molecule has 10 heteroatoms. The zero-order chi connectivity index (χ0) is 41.8. The van der Waals surface area contributed by atoms with Crippen LogP contribution >= 0.6 is 0 Å². The Morgan fingerprint density at radius 2 is 1.15 bits per heavy atom. The van der Waals surface area contributed by atoms with Crippen LogP contribution in [0.2, 0.25) is 0 Å². The van der Waals surface area contributed by atoms with Crippen LogP contribution in [0.3, 0.4) is 0 Å². The van der Waals surface area contributed by atoms with Crippen LogP contribution in [0.1, 0.15) is 123 Å². The molecule has 322 valence electrons. The average molecular weight is 817 g/mol. The molecular formula is C50H68N6O4. The molecule has 0 spiro atoms. The molecule has 3 N–H and O–H groups in total. The lowest BCUT2D eigenvalue weighted by Gasteiger charge is -2.40. The van der Waals surface area contributed by atoms with Crippen molar-refractivity contribution in [3.63, 3.8) is 0 Å². The van der Waals surface area contributed by atoms with E-state index in [4.69, 9.17) is 0 Å². The first-order chi connectivity index (χ1) is 29.3. The summed E-state index contributed by atoms with van der Waals surface area (Å²) in [5.74, 6) is -1.06. The van der Waals surface area contributed by atoms with Gasteiger partial charge in [-0.3, -0.25) is 29.0 Å². The number of carbonyl (C=O) groups is 4. The number of carbonyl (C=O) groups excluding carboxylic acids is 4. The van der Waals surface area contributed by atoms with Crippen molar-refractivity contribution in [2.75, 3.05) is 45.8 Å². The largest absolute Gasteiger partial charge is 0.355 e. The second-order valence-electron chi connectivity index (χ2n) is 17.9. The molecule has 2 saturated carbocycles. The van der Waals surface area contributed by atoms with Crippen molar-refractivity contribution in [1.29, 1.82) is 0 Å². The van der Waals surface area contributed by atoms with Gasteiger partial charge in [-0.15, -0.1) is 0 Å². The topological polar surface area (TPSA) is 114 Å². The minimum absolute atomic E-state index is 0.0329. The van der Waals surface area contributed by atoms with Gasteiger partial charge in [0.2, 0.25) is 17.7 Å². The summed E-state index contributed by atoms with van der Waals surface area (Å²) in [6.07, 6.45) is 12.3. The van der Waals surface area contributed by atoms with Crippen LogP contribution in [0, 0.1) is 11.8 Å². The van der Waals surface area contributed by atoms with Gasteiger partial charge in [-0.25, -0.2) is 0 Å². The second-order valence-corrected chi connectivity index (χ2v) is 17.9. The Morgan fingerprint density at radius 1 is 0.600 bits per heavy atom. The Labute approximate surface area is 358 Å². The van der Waals surface area contributed by atoms with E-state index in [9.17, 15) is 19.2 Å². The Hall–Kier alpha value is -4.54. The molecule has 10 nitrogen and oxygen atoms in total. The zero-order valence-electron chi connectivity index (χ0n) is 36.0. The predicted molar refractivity (Wildman–Crippen MR) is 237 cm³/mol. The standard InChI is InChI=1S/C50H68N6O4/c1-3-5-7-9-17-27-55-29-28-54(35-46(55)49(59)51-26-16-8-6-4-2)32-36-22-24-39(25-23-36)50(60)56-33-42(47(57)52-44-30-40(44)37-18-12-10-13-19-37)43(34-56)48(58)53-45-31-41(45)38-20-14-11-15-21-38/h10-15,18-25,40-46H,3-9,16-17,26-35H2,1-2H3,(H,51,59)(H,52,57)(H,53,58)/t40-,41-,42-,43-,44+,45+,46-/m1/s1. The number of unbranched alkanes of at least 4 members (excludes halogenated alkanes) is 7. The van der Waals surface area contributed by atoms with E-state index in [0.717, 1.165) is 63.8 Å². The highest BCUT2D eigenvalue weighted by Crippen LogP contribution is 2.42. The first kappa shape index (κ1) is 43.5. The molecule has 0 aromatic heterocycles. The monoisotopic (exact) mass is 817 g/mol. The van der Waals surface area contributed by atoms with Gasteiger partial charge >= 0.3 is 0 Å². The Morgan fingerprint density at radius 3 is 1.72 bits per heavy atom. The maximum absolute atomic E-state index is 14.1. The third kappa shape index (κ3) is 11.6. The van der Waals surface area contributed by atoms with Crippen LogP contribution in [0.4, 0.5) is 0 Å². The number of likely N-dealkylation sites (tertiary alicyclic amines) is 1.